The van der Waals surface area contributed by atoms with Gasteiger partial charge in [0.05, 0.1) is 11.7 Å². The molecule has 1 fully saturated rings. The Hall–Kier alpha value is -0.0800. The maximum atomic E-state index is 9.38. The standard InChI is InChI=1S/C7H14O2/c1-7(9)4-2-3-6(8)5-7/h6,8-9H,2-5H2,1H3. The number of hydrogen-bond donors (Lipinski definition) is 2. The smallest absolute Gasteiger partial charge is 0.0644 e. The molecule has 2 atom stereocenters. The van der Waals surface area contributed by atoms with E-state index in [9.17, 15) is 5.11 Å². The quantitative estimate of drug-likeness (QED) is 0.506. The van der Waals surface area contributed by atoms with Crippen molar-refractivity contribution in [2.24, 2.45) is 0 Å². The average molecular weight is 130 g/mol. The highest BCUT2D eigenvalue weighted by molar-refractivity contribution is 4.81. The molecule has 0 aromatic carbocycles. The molecule has 0 heterocycles. The second-order valence-corrected chi connectivity index (χ2v) is 3.25. The largest absolute Gasteiger partial charge is 0.393 e. The highest BCUT2D eigenvalue weighted by Crippen LogP contribution is 2.27. The SMILES string of the molecule is CC1(O)CCCC(O)C1. The molecule has 9 heavy (non-hydrogen) atoms. The Morgan fingerprint density at radius 2 is 2.22 bits per heavy atom. The lowest BCUT2D eigenvalue weighted by Crippen LogP contribution is -2.34. The molecule has 0 spiro atoms. The Labute approximate surface area is 55.5 Å². The second kappa shape index (κ2) is 2.27. The van der Waals surface area contributed by atoms with Gasteiger partial charge in [0.25, 0.3) is 0 Å². The summed E-state index contributed by atoms with van der Waals surface area (Å²) >= 11 is 0. The average Bonchev–Trinajstić information content (AvgIpc) is 1.60. The molecule has 0 amide bonds. The molecule has 2 nitrogen and oxygen atoms in total. The van der Waals surface area contributed by atoms with Crippen LogP contribution >= 0.6 is 0 Å². The van der Waals surface area contributed by atoms with Crippen LogP contribution in [0.5, 0.6) is 0 Å². The van der Waals surface area contributed by atoms with Crippen molar-refractivity contribution in [3.63, 3.8) is 0 Å². The van der Waals surface area contributed by atoms with E-state index in [1.807, 2.05) is 0 Å². The van der Waals surface area contributed by atoms with E-state index < -0.39 is 5.60 Å². The lowest BCUT2D eigenvalue weighted by Gasteiger charge is -2.30. The lowest BCUT2D eigenvalue weighted by atomic mass is 9.85. The van der Waals surface area contributed by atoms with Crippen LogP contribution < -0.4 is 0 Å². The number of rotatable bonds is 0. The van der Waals surface area contributed by atoms with Gasteiger partial charge in [0.1, 0.15) is 0 Å². The monoisotopic (exact) mass is 130 g/mol. The van der Waals surface area contributed by atoms with E-state index in [4.69, 9.17) is 5.11 Å². The van der Waals surface area contributed by atoms with Crippen molar-refractivity contribution in [3.8, 4) is 0 Å². The first-order valence-corrected chi connectivity index (χ1v) is 3.51. The summed E-state index contributed by atoms with van der Waals surface area (Å²) in [5.74, 6) is 0. The minimum Gasteiger partial charge on any atom is -0.393 e. The molecular formula is C7H14O2. The van der Waals surface area contributed by atoms with Crippen LogP contribution in [0, 0.1) is 0 Å². The summed E-state index contributed by atoms with van der Waals surface area (Å²) in [4.78, 5) is 0. The summed E-state index contributed by atoms with van der Waals surface area (Å²) in [6.07, 6.45) is 2.93. The van der Waals surface area contributed by atoms with Crippen molar-refractivity contribution in [1.29, 1.82) is 0 Å². The molecule has 0 aromatic rings. The van der Waals surface area contributed by atoms with Gasteiger partial charge in [-0.3, -0.25) is 0 Å². The van der Waals surface area contributed by atoms with E-state index in [1.165, 1.54) is 0 Å². The van der Waals surface area contributed by atoms with Crippen molar-refractivity contribution in [3.05, 3.63) is 0 Å². The third-order valence-corrected chi connectivity index (χ3v) is 1.93. The van der Waals surface area contributed by atoms with E-state index >= 15 is 0 Å². The first-order valence-electron chi connectivity index (χ1n) is 3.51. The fourth-order valence-electron chi connectivity index (χ4n) is 1.43. The van der Waals surface area contributed by atoms with E-state index in [0.717, 1.165) is 19.3 Å². The predicted molar refractivity (Wildman–Crippen MR) is 35.1 cm³/mol. The van der Waals surface area contributed by atoms with Gasteiger partial charge < -0.3 is 10.2 Å². The van der Waals surface area contributed by atoms with Crippen molar-refractivity contribution in [1.82, 2.24) is 0 Å². The molecule has 2 unspecified atom stereocenters. The van der Waals surface area contributed by atoms with Crippen molar-refractivity contribution in [2.45, 2.75) is 44.3 Å². The number of hydrogen-bond acceptors (Lipinski definition) is 2. The first-order chi connectivity index (χ1) is 4.10. The Morgan fingerprint density at radius 3 is 2.56 bits per heavy atom. The first kappa shape index (κ1) is 7.03. The van der Waals surface area contributed by atoms with E-state index in [0.29, 0.717) is 6.42 Å². The zero-order chi connectivity index (χ0) is 6.91. The molecule has 1 aliphatic rings. The summed E-state index contributed by atoms with van der Waals surface area (Å²) in [6, 6.07) is 0. The van der Waals surface area contributed by atoms with Gasteiger partial charge in [-0.2, -0.15) is 0 Å². The topological polar surface area (TPSA) is 40.5 Å². The highest BCUT2D eigenvalue weighted by atomic mass is 16.3. The van der Waals surface area contributed by atoms with Crippen LogP contribution in [-0.4, -0.2) is 21.9 Å². The van der Waals surface area contributed by atoms with Gasteiger partial charge in [0.15, 0.2) is 0 Å². The Balaban J connectivity index is 2.41. The van der Waals surface area contributed by atoms with Crippen molar-refractivity contribution in [2.75, 3.05) is 0 Å². The lowest BCUT2D eigenvalue weighted by molar-refractivity contribution is -0.0313. The molecule has 1 aliphatic carbocycles. The third kappa shape index (κ3) is 1.95. The molecule has 2 N–H and O–H groups in total. The van der Waals surface area contributed by atoms with Gasteiger partial charge in [0, 0.05) is 6.42 Å². The Kier molecular flexibility index (Phi) is 1.78. The van der Waals surface area contributed by atoms with E-state index in [-0.39, 0.29) is 6.10 Å². The maximum absolute atomic E-state index is 9.38. The van der Waals surface area contributed by atoms with Crippen LogP contribution in [-0.2, 0) is 0 Å². The van der Waals surface area contributed by atoms with Crippen LogP contribution in [0.4, 0.5) is 0 Å². The molecule has 0 aromatic heterocycles. The normalized spacial score (nSPS) is 45.0. The highest BCUT2D eigenvalue weighted by Gasteiger charge is 2.28. The van der Waals surface area contributed by atoms with E-state index in [2.05, 4.69) is 0 Å². The molecule has 1 saturated carbocycles. The van der Waals surface area contributed by atoms with Gasteiger partial charge in [-0.05, 0) is 26.2 Å². The van der Waals surface area contributed by atoms with Crippen LogP contribution in [0.15, 0.2) is 0 Å². The molecule has 0 aliphatic heterocycles. The number of aliphatic hydroxyl groups excluding tert-OH is 1. The molecule has 1 rings (SSSR count). The van der Waals surface area contributed by atoms with Gasteiger partial charge in [-0.1, -0.05) is 0 Å². The maximum Gasteiger partial charge on any atom is 0.0644 e. The van der Waals surface area contributed by atoms with Crippen molar-refractivity contribution >= 4 is 0 Å². The van der Waals surface area contributed by atoms with Crippen LogP contribution in [0.2, 0.25) is 0 Å². The number of aliphatic hydroxyl groups is 2. The Morgan fingerprint density at radius 1 is 1.56 bits per heavy atom. The summed E-state index contributed by atoms with van der Waals surface area (Å²) < 4.78 is 0. The predicted octanol–water partition coefficient (Wildman–Crippen LogP) is 0.672. The minimum atomic E-state index is -0.600. The fourth-order valence-corrected chi connectivity index (χ4v) is 1.43. The van der Waals surface area contributed by atoms with E-state index in [1.54, 1.807) is 6.92 Å². The molecule has 54 valence electrons. The summed E-state index contributed by atoms with van der Waals surface area (Å²) in [5.41, 5.74) is -0.600. The van der Waals surface area contributed by atoms with Crippen LogP contribution in [0.3, 0.4) is 0 Å². The summed E-state index contributed by atoms with van der Waals surface area (Å²) in [7, 11) is 0. The van der Waals surface area contributed by atoms with Gasteiger partial charge in [-0.15, -0.1) is 0 Å². The van der Waals surface area contributed by atoms with Crippen LogP contribution in [0.25, 0.3) is 0 Å². The van der Waals surface area contributed by atoms with Gasteiger partial charge in [-0.25, -0.2) is 0 Å². The van der Waals surface area contributed by atoms with Gasteiger partial charge in [0.2, 0.25) is 0 Å². The second-order valence-electron chi connectivity index (χ2n) is 3.25. The third-order valence-electron chi connectivity index (χ3n) is 1.93. The van der Waals surface area contributed by atoms with Crippen LogP contribution in [0.1, 0.15) is 32.6 Å². The zero-order valence-corrected chi connectivity index (χ0v) is 5.80. The molecular weight excluding hydrogens is 116 g/mol. The molecule has 0 saturated heterocycles. The minimum absolute atomic E-state index is 0.270. The zero-order valence-electron chi connectivity index (χ0n) is 5.80. The fraction of sp³-hybridized carbons (Fsp3) is 1.00. The van der Waals surface area contributed by atoms with Crippen molar-refractivity contribution < 1.29 is 10.2 Å². The summed E-state index contributed by atoms with van der Waals surface area (Å²) in [5, 5.41) is 18.5. The Bertz CT molecular complexity index is 99.1. The molecule has 0 radical (unpaired) electrons. The summed E-state index contributed by atoms with van der Waals surface area (Å²) in [6.45, 7) is 1.79. The molecule has 2 heteroatoms. The molecule has 0 bridgehead atoms. The van der Waals surface area contributed by atoms with Gasteiger partial charge >= 0.3 is 0 Å².